The zero-order chi connectivity index (χ0) is 16.0. The van der Waals surface area contributed by atoms with Crippen molar-refractivity contribution in [3.8, 4) is 0 Å². The van der Waals surface area contributed by atoms with Crippen LogP contribution in [0.15, 0.2) is 10.6 Å². The molecular formula is C15H25N3O3. The quantitative estimate of drug-likeness (QED) is 0.839. The first-order valence-electron chi connectivity index (χ1n) is 7.36. The van der Waals surface area contributed by atoms with Crippen molar-refractivity contribution in [1.82, 2.24) is 10.1 Å². The molecule has 0 aromatic carbocycles. The van der Waals surface area contributed by atoms with Crippen molar-refractivity contribution in [1.29, 1.82) is 0 Å². The van der Waals surface area contributed by atoms with Crippen LogP contribution < -0.4 is 5.32 Å². The number of aromatic nitrogens is 1. The highest BCUT2D eigenvalue weighted by Crippen LogP contribution is 2.11. The summed E-state index contributed by atoms with van der Waals surface area (Å²) in [5.74, 6) is 1.01. The van der Waals surface area contributed by atoms with Gasteiger partial charge in [0.1, 0.15) is 12.3 Å². The van der Waals surface area contributed by atoms with E-state index < -0.39 is 0 Å². The molecule has 6 heteroatoms. The maximum absolute atomic E-state index is 12.3. The van der Waals surface area contributed by atoms with Crippen molar-refractivity contribution < 1.29 is 14.1 Å². The SMILES string of the molecule is CCC(C)N(CC(=O)Nc1cc(C)on1)C(=O)CC(C)C. The third-order valence-electron chi connectivity index (χ3n) is 3.24. The summed E-state index contributed by atoms with van der Waals surface area (Å²) in [5.41, 5.74) is 0. The van der Waals surface area contributed by atoms with Gasteiger partial charge in [-0.15, -0.1) is 0 Å². The first-order valence-corrected chi connectivity index (χ1v) is 7.36. The summed E-state index contributed by atoms with van der Waals surface area (Å²) in [6, 6.07) is 1.67. The Bertz CT molecular complexity index is 482. The van der Waals surface area contributed by atoms with Crippen LogP contribution in [0.25, 0.3) is 0 Å². The van der Waals surface area contributed by atoms with Crippen LogP contribution in [-0.2, 0) is 9.59 Å². The topological polar surface area (TPSA) is 75.4 Å². The zero-order valence-corrected chi connectivity index (χ0v) is 13.5. The Balaban J connectivity index is 2.67. The molecule has 6 nitrogen and oxygen atoms in total. The minimum atomic E-state index is -0.263. The van der Waals surface area contributed by atoms with E-state index in [2.05, 4.69) is 10.5 Å². The lowest BCUT2D eigenvalue weighted by atomic mass is 10.1. The molecule has 0 radical (unpaired) electrons. The molecule has 0 bridgehead atoms. The number of hydrogen-bond acceptors (Lipinski definition) is 4. The van der Waals surface area contributed by atoms with Gasteiger partial charge in [-0.25, -0.2) is 0 Å². The summed E-state index contributed by atoms with van der Waals surface area (Å²) >= 11 is 0. The third-order valence-corrected chi connectivity index (χ3v) is 3.24. The molecule has 118 valence electrons. The zero-order valence-electron chi connectivity index (χ0n) is 13.5. The number of rotatable bonds is 7. The number of nitrogens with zero attached hydrogens (tertiary/aromatic N) is 2. The molecule has 0 aliphatic heterocycles. The number of anilines is 1. The summed E-state index contributed by atoms with van der Waals surface area (Å²) in [7, 11) is 0. The molecule has 0 saturated carbocycles. The molecule has 1 unspecified atom stereocenters. The highest BCUT2D eigenvalue weighted by molar-refractivity contribution is 5.93. The Hall–Kier alpha value is -1.85. The van der Waals surface area contributed by atoms with Crippen LogP contribution in [0, 0.1) is 12.8 Å². The maximum Gasteiger partial charge on any atom is 0.245 e. The van der Waals surface area contributed by atoms with Gasteiger partial charge in [0.2, 0.25) is 11.8 Å². The predicted molar refractivity (Wildman–Crippen MR) is 80.8 cm³/mol. The van der Waals surface area contributed by atoms with Crippen LogP contribution in [-0.4, -0.2) is 34.5 Å². The molecule has 1 atom stereocenters. The fourth-order valence-corrected chi connectivity index (χ4v) is 1.94. The van der Waals surface area contributed by atoms with Crippen LogP contribution in [0.5, 0.6) is 0 Å². The average molecular weight is 295 g/mol. The standard InChI is InChI=1S/C15H25N3O3/c1-6-11(4)18(15(20)7-10(2)3)9-14(19)16-13-8-12(5)21-17-13/h8,10-11H,6-7,9H2,1-5H3,(H,16,17,19). The lowest BCUT2D eigenvalue weighted by Crippen LogP contribution is -2.43. The minimum Gasteiger partial charge on any atom is -0.360 e. The molecule has 0 aliphatic carbocycles. The molecule has 0 saturated heterocycles. The van der Waals surface area contributed by atoms with Gasteiger partial charge in [0.15, 0.2) is 5.82 Å². The van der Waals surface area contributed by atoms with Crippen LogP contribution in [0.3, 0.4) is 0 Å². The van der Waals surface area contributed by atoms with Crippen molar-refractivity contribution in [2.24, 2.45) is 5.92 Å². The maximum atomic E-state index is 12.3. The van der Waals surface area contributed by atoms with Crippen molar-refractivity contribution in [2.45, 2.75) is 53.5 Å². The monoisotopic (exact) mass is 295 g/mol. The van der Waals surface area contributed by atoms with Gasteiger partial charge in [-0.05, 0) is 26.2 Å². The van der Waals surface area contributed by atoms with Gasteiger partial charge in [-0.3, -0.25) is 9.59 Å². The fraction of sp³-hybridized carbons (Fsp3) is 0.667. The molecule has 0 aliphatic rings. The van der Waals surface area contributed by atoms with Crippen molar-refractivity contribution in [3.63, 3.8) is 0 Å². The van der Waals surface area contributed by atoms with Crippen LogP contribution in [0.1, 0.15) is 46.3 Å². The predicted octanol–water partition coefficient (Wildman–Crippen LogP) is 2.59. The molecular weight excluding hydrogens is 270 g/mol. The highest BCUT2D eigenvalue weighted by Gasteiger charge is 2.22. The van der Waals surface area contributed by atoms with E-state index in [0.717, 1.165) is 6.42 Å². The number of carbonyl (C=O) groups excluding carboxylic acids is 2. The molecule has 1 N–H and O–H groups in total. The number of amides is 2. The first-order chi connectivity index (χ1) is 9.83. The summed E-state index contributed by atoms with van der Waals surface area (Å²) < 4.78 is 4.89. The Morgan fingerprint density at radius 1 is 1.38 bits per heavy atom. The van der Waals surface area contributed by atoms with E-state index >= 15 is 0 Å². The molecule has 1 heterocycles. The molecule has 0 fully saturated rings. The van der Waals surface area contributed by atoms with Crippen molar-refractivity contribution in [3.05, 3.63) is 11.8 Å². The van der Waals surface area contributed by atoms with Crippen LogP contribution in [0.2, 0.25) is 0 Å². The molecule has 21 heavy (non-hydrogen) atoms. The van der Waals surface area contributed by atoms with E-state index in [9.17, 15) is 9.59 Å². The summed E-state index contributed by atoms with van der Waals surface area (Å²) in [6.45, 7) is 9.72. The van der Waals surface area contributed by atoms with Crippen LogP contribution in [0.4, 0.5) is 5.82 Å². The largest absolute Gasteiger partial charge is 0.360 e. The number of carbonyl (C=O) groups is 2. The molecule has 0 spiro atoms. The van der Waals surface area contributed by atoms with Gasteiger partial charge in [0.25, 0.3) is 0 Å². The third kappa shape index (κ3) is 5.57. The smallest absolute Gasteiger partial charge is 0.245 e. The van der Waals surface area contributed by atoms with E-state index in [1.165, 1.54) is 0 Å². The van der Waals surface area contributed by atoms with Gasteiger partial charge < -0.3 is 14.7 Å². The van der Waals surface area contributed by atoms with E-state index in [0.29, 0.717) is 18.0 Å². The number of hydrogen-bond donors (Lipinski definition) is 1. The van der Waals surface area contributed by atoms with Crippen LogP contribution >= 0.6 is 0 Å². The second-order valence-corrected chi connectivity index (χ2v) is 5.75. The van der Waals surface area contributed by atoms with E-state index in [-0.39, 0.29) is 30.3 Å². The fourth-order valence-electron chi connectivity index (χ4n) is 1.94. The summed E-state index contributed by atoms with van der Waals surface area (Å²) in [4.78, 5) is 25.9. The van der Waals surface area contributed by atoms with Crippen molar-refractivity contribution >= 4 is 17.6 Å². The molecule has 2 amide bonds. The van der Waals surface area contributed by atoms with E-state index in [1.807, 2.05) is 27.7 Å². The molecule has 1 rings (SSSR count). The lowest BCUT2D eigenvalue weighted by Gasteiger charge is -2.28. The Kier molecular flexibility index (Phi) is 6.39. The Morgan fingerprint density at radius 3 is 2.52 bits per heavy atom. The van der Waals surface area contributed by atoms with Gasteiger partial charge >= 0.3 is 0 Å². The summed E-state index contributed by atoms with van der Waals surface area (Å²) in [6.07, 6.45) is 1.25. The minimum absolute atomic E-state index is 0.00540. The average Bonchev–Trinajstić information content (AvgIpc) is 2.79. The lowest BCUT2D eigenvalue weighted by molar-refractivity contribution is -0.137. The molecule has 1 aromatic rings. The normalized spacial score (nSPS) is 12.3. The molecule has 1 aromatic heterocycles. The van der Waals surface area contributed by atoms with Gasteiger partial charge in [0, 0.05) is 18.5 Å². The van der Waals surface area contributed by atoms with Gasteiger partial charge in [-0.2, -0.15) is 0 Å². The summed E-state index contributed by atoms with van der Waals surface area (Å²) in [5, 5.41) is 6.35. The second kappa shape index (κ2) is 7.81. The number of aryl methyl sites for hydroxylation is 1. The Morgan fingerprint density at radius 2 is 2.05 bits per heavy atom. The Labute approximate surface area is 125 Å². The highest BCUT2D eigenvalue weighted by atomic mass is 16.5. The first kappa shape index (κ1) is 17.2. The van der Waals surface area contributed by atoms with E-state index in [4.69, 9.17) is 4.52 Å². The van der Waals surface area contributed by atoms with E-state index in [1.54, 1.807) is 17.9 Å². The van der Waals surface area contributed by atoms with Gasteiger partial charge in [-0.1, -0.05) is 25.9 Å². The second-order valence-electron chi connectivity index (χ2n) is 5.75. The van der Waals surface area contributed by atoms with Gasteiger partial charge in [0.05, 0.1) is 0 Å². The number of nitrogens with one attached hydrogen (secondary N) is 1. The van der Waals surface area contributed by atoms with Crippen molar-refractivity contribution in [2.75, 3.05) is 11.9 Å².